The number of amides is 2. The predicted octanol–water partition coefficient (Wildman–Crippen LogP) is 4.45. The Hall–Kier alpha value is -11.3. The molecule has 11 aliphatic rings. The summed E-state index contributed by atoms with van der Waals surface area (Å²) in [6, 6.07) is 33.4. The fourth-order valence-corrected chi connectivity index (χ4v) is 22.1. The number of Topliss-reactive ketones (excluding diaryl/α,β-unsaturated/α-hetero) is 3. The van der Waals surface area contributed by atoms with Crippen LogP contribution in [0.25, 0.3) is 33.4 Å². The zero-order valence-electron chi connectivity index (χ0n) is 67.0. The Bertz CT molecular complexity index is 6010. The standard InChI is InChI=1S/C30H30N4O6.C30H32N4O6.C18H21NO3.C12H13N3O2.ClH/c1-34-13-11-29-23-18-6-7-19(24(23)40-25(29)21(35)8-10-30(29,39)22(34)14-18)26(36)31-12-9-16-2-4-17(5-3-16)20-15-32-28(38)33-27(20)37;1-34-13-11-29-15-20(35)8-10-30(29,40)23(34)14-19-6-7-21(25(36)24(19)29)26(37)31-12-9-17-2-4-18(5-3-17)22-16-32-28(39)33-27(22)38;1-10-3-4-11-9-13-18(21)6-5-12(20)16-17(18,7-8-19(13)2)14(11)15(10)22-16;13-6-5-8-1-3-9(4-2-8)10-7-14-12(17)15-11(10)16;/h2-7,15,22,25,39H,8-14H2,1H3,(H,31,36)(H2,32,33,37,38);2-7,16,23,36,40H,8-15H2,1H3,(H,31,37)(H2,32,33,38,39);3-4,13,16,21H,5-9H2,1-2H3;1-4,7H,5-6,13H2,(H2,14,15,16,17);1H/t22-,25+,29+,30-;23-,29-,30-;13-,16+,17+,18-;;/m111../s1. The third-order valence-electron chi connectivity index (χ3n) is 28.1. The van der Waals surface area contributed by atoms with Crippen molar-refractivity contribution >= 4 is 41.6 Å². The summed E-state index contributed by atoms with van der Waals surface area (Å²) in [7, 11) is 6.12. The van der Waals surface area contributed by atoms with Gasteiger partial charge in [0.05, 0.1) is 55.5 Å². The number of H-pyrrole nitrogens is 6. The Morgan fingerprint density at radius 1 is 0.475 bits per heavy atom. The number of carbonyl (C=O) groups is 5. The van der Waals surface area contributed by atoms with Crippen molar-refractivity contribution < 1.29 is 53.9 Å². The lowest BCUT2D eigenvalue weighted by Crippen LogP contribution is -2.76. The molecule has 30 heteroatoms. The first kappa shape index (κ1) is 82.4. The lowest BCUT2D eigenvalue weighted by molar-refractivity contribution is -0.185. The van der Waals surface area contributed by atoms with Crippen LogP contribution in [0.3, 0.4) is 0 Å². The first-order chi connectivity index (χ1) is 57.0. The van der Waals surface area contributed by atoms with E-state index >= 15 is 0 Å². The van der Waals surface area contributed by atoms with E-state index in [1.807, 2.05) is 81.7 Å². The highest BCUT2D eigenvalue weighted by Gasteiger charge is 2.75. The molecule has 14 N–H and O–H groups in total. The minimum absolute atomic E-state index is 0. The van der Waals surface area contributed by atoms with Gasteiger partial charge in [-0.15, -0.1) is 12.4 Å². The number of benzene rings is 6. The number of rotatable bonds is 13. The first-order valence-electron chi connectivity index (χ1n) is 40.9. The van der Waals surface area contributed by atoms with Crippen molar-refractivity contribution in [3.63, 3.8) is 0 Å². The zero-order valence-corrected chi connectivity index (χ0v) is 67.8. The van der Waals surface area contributed by atoms with E-state index in [4.69, 9.17) is 15.2 Å². The Balaban J connectivity index is 0.000000125. The lowest BCUT2D eigenvalue weighted by Gasteiger charge is -2.62. The number of likely N-dealkylation sites (N-methyl/N-ethyl adjacent to an activating group) is 3. The van der Waals surface area contributed by atoms with Gasteiger partial charge in [-0.2, -0.15) is 0 Å². The fourth-order valence-electron chi connectivity index (χ4n) is 22.1. The van der Waals surface area contributed by atoms with Crippen molar-refractivity contribution in [2.24, 2.45) is 5.73 Å². The molecule has 9 aromatic rings. The third-order valence-corrected chi connectivity index (χ3v) is 28.1. The van der Waals surface area contributed by atoms with Crippen LogP contribution < -0.4 is 59.6 Å². The molecule has 0 radical (unpaired) electrons. The third kappa shape index (κ3) is 13.3. The lowest BCUT2D eigenvalue weighted by atomic mass is 9.49. The maximum absolute atomic E-state index is 13.4. The summed E-state index contributed by atoms with van der Waals surface area (Å²) in [4.78, 5) is 155. The van der Waals surface area contributed by atoms with Crippen molar-refractivity contribution in [1.82, 2.24) is 55.2 Å². The van der Waals surface area contributed by atoms with E-state index in [9.17, 15) is 73.2 Å². The minimum atomic E-state index is -1.14. The molecule has 0 unspecified atom stereocenters. The number of nitrogens with two attached hydrogens (primary N) is 1. The summed E-state index contributed by atoms with van der Waals surface area (Å²) < 4.78 is 12.5. The number of ketones is 3. The number of carbonyl (C=O) groups excluding carboxylic acids is 5. The molecule has 2 spiro atoms. The number of likely N-dealkylation sites (tertiary alicyclic amines) is 3. The van der Waals surface area contributed by atoms with E-state index < -0.39 is 79.4 Å². The second kappa shape index (κ2) is 31.4. The van der Waals surface area contributed by atoms with Crippen LogP contribution in [0.1, 0.15) is 141 Å². The highest BCUT2D eigenvalue weighted by Crippen LogP contribution is 2.66. The number of aromatic hydroxyl groups is 1. The number of halogens is 1. The molecule has 3 saturated heterocycles. The molecule has 626 valence electrons. The number of hydrogen-bond donors (Lipinski definition) is 13. The largest absolute Gasteiger partial charge is 0.507 e. The highest BCUT2D eigenvalue weighted by molar-refractivity contribution is 6.00. The van der Waals surface area contributed by atoms with Gasteiger partial charge in [0.15, 0.2) is 23.8 Å². The van der Waals surface area contributed by atoms with E-state index in [0.29, 0.717) is 142 Å². The molecule has 11 atom stereocenters. The molecule has 3 saturated carbocycles. The monoisotopic (exact) mass is 1650 g/mol. The number of ether oxygens (including phenoxy) is 2. The van der Waals surface area contributed by atoms with Crippen LogP contribution in [0.2, 0.25) is 0 Å². The molecule has 2 amide bonds. The maximum atomic E-state index is 13.4. The minimum Gasteiger partial charge on any atom is -0.507 e. The van der Waals surface area contributed by atoms with Gasteiger partial charge in [-0.3, -0.25) is 53.3 Å². The zero-order chi connectivity index (χ0) is 83.6. The van der Waals surface area contributed by atoms with E-state index in [0.717, 1.165) is 88.2 Å². The van der Waals surface area contributed by atoms with Crippen molar-refractivity contribution in [2.45, 2.75) is 173 Å². The average molecular weight is 1650 g/mol. The van der Waals surface area contributed by atoms with Crippen LogP contribution in [0.15, 0.2) is 157 Å². The van der Waals surface area contributed by atoms with Gasteiger partial charge < -0.3 is 75.9 Å². The van der Waals surface area contributed by atoms with Gasteiger partial charge in [-0.1, -0.05) is 97.1 Å². The fraction of sp³-hybridized carbons (Fsp3) is 0.411. The van der Waals surface area contributed by atoms with Crippen LogP contribution in [0.5, 0.6) is 17.2 Å². The second-order valence-electron chi connectivity index (χ2n) is 34.1. The quantitative estimate of drug-likeness (QED) is 0.0758. The number of hydrogen-bond acceptors (Lipinski definition) is 21. The molecule has 20 rings (SSSR count). The van der Waals surface area contributed by atoms with Gasteiger partial charge in [0.25, 0.3) is 28.5 Å². The van der Waals surface area contributed by atoms with Gasteiger partial charge in [0, 0.05) is 97.6 Å². The Morgan fingerprint density at radius 2 is 0.858 bits per heavy atom. The second-order valence-corrected chi connectivity index (χ2v) is 34.1. The molecule has 5 aliphatic heterocycles. The molecule has 6 bridgehead atoms. The van der Waals surface area contributed by atoms with Crippen LogP contribution >= 0.6 is 12.4 Å². The van der Waals surface area contributed by atoms with Gasteiger partial charge >= 0.3 is 17.1 Å². The van der Waals surface area contributed by atoms with Crippen molar-refractivity contribution in [2.75, 3.05) is 60.4 Å². The van der Waals surface area contributed by atoms with E-state index in [-0.39, 0.29) is 83.5 Å². The van der Waals surface area contributed by atoms with Gasteiger partial charge in [0.1, 0.15) is 23.0 Å². The molecule has 6 fully saturated rings. The summed E-state index contributed by atoms with van der Waals surface area (Å²) >= 11 is 0. The highest BCUT2D eigenvalue weighted by atomic mass is 35.5. The Kier molecular flexibility index (Phi) is 21.6. The average Bonchev–Trinajstić information content (AvgIpc) is 1.47. The summed E-state index contributed by atoms with van der Waals surface area (Å²) in [5.74, 6) is 0.718. The van der Waals surface area contributed by atoms with E-state index in [2.05, 4.69) is 74.4 Å². The summed E-state index contributed by atoms with van der Waals surface area (Å²) in [5, 5.41) is 53.1. The molecule has 6 aliphatic carbocycles. The number of phenols is 1. The number of piperidine rings is 3. The van der Waals surface area contributed by atoms with Gasteiger partial charge in [0.2, 0.25) is 0 Å². The molecular formula is C90H97ClN12O17. The number of aromatic amines is 6. The summed E-state index contributed by atoms with van der Waals surface area (Å²) in [6.07, 6.45) is 11.3. The van der Waals surface area contributed by atoms with E-state index in [1.54, 1.807) is 36.4 Å². The van der Waals surface area contributed by atoms with Crippen molar-refractivity contribution in [1.29, 1.82) is 0 Å². The van der Waals surface area contributed by atoms with Crippen LogP contribution in [-0.4, -0.2) is 202 Å². The number of aryl methyl sites for hydroxylation is 1. The molecule has 120 heavy (non-hydrogen) atoms. The number of phenolic OH excluding ortho intramolecular Hbond substituents is 1. The number of nitrogens with zero attached hydrogens (tertiary/aromatic N) is 3. The smallest absolute Gasteiger partial charge is 0.325 e. The number of aromatic nitrogens is 6. The molecule has 3 aromatic heterocycles. The van der Waals surface area contributed by atoms with Crippen molar-refractivity contribution in [3.05, 3.63) is 257 Å². The number of nitrogens with one attached hydrogen (secondary N) is 8. The van der Waals surface area contributed by atoms with Crippen LogP contribution in [0, 0.1) is 6.92 Å². The van der Waals surface area contributed by atoms with Crippen LogP contribution in [-0.2, 0) is 69.2 Å². The molecule has 8 heterocycles. The number of aliphatic hydroxyl groups is 3. The Labute approximate surface area is 694 Å². The molecule has 6 aromatic carbocycles. The summed E-state index contributed by atoms with van der Waals surface area (Å²) in [5.41, 5.74) is 10.9. The number of fused-ring (bicyclic) bond motifs is 1. The van der Waals surface area contributed by atoms with Gasteiger partial charge in [-0.05, 0) is 199 Å². The summed E-state index contributed by atoms with van der Waals surface area (Å²) in [6.45, 7) is 5.68. The molecule has 29 nitrogen and oxygen atoms in total. The van der Waals surface area contributed by atoms with Crippen molar-refractivity contribution in [3.8, 4) is 50.6 Å². The maximum Gasteiger partial charge on any atom is 0.325 e. The first-order valence-corrected chi connectivity index (χ1v) is 40.9. The normalized spacial score (nSPS) is 27.1. The molecular weight excluding hydrogens is 1560 g/mol. The topological polar surface area (TPSA) is 442 Å². The van der Waals surface area contributed by atoms with Gasteiger partial charge in [-0.25, -0.2) is 14.4 Å². The SMILES string of the molecule is CN1CC[C@]23CC(=O)CC[C@@]2(O)[C@H]1Cc1ccc(C(=O)NCCc2ccc(-c4c[nH]c(=O)[nH]c4=O)cc2)c(O)c13.CN1CC[C@]23c4c5ccc(C(=O)NCCc6ccc(-c7c[nH]c(=O)[nH]c7=O)cc6)c4O[C@H]2C(=O)CC[C@@]3(O)[C@H]1C5.Cc1ccc2c3c1O[C@H]1C(=O)CC[C@@]4(O)[C@@H](C2)N(C)CC[C@]314.Cl.NCCc1ccc(-c2c[nH]c(=O)[nH]c2=O)cc1. The predicted molar refractivity (Wildman–Crippen MR) is 447 cm³/mol. The van der Waals surface area contributed by atoms with E-state index in [1.165, 1.54) is 24.2 Å². The Morgan fingerprint density at radius 3 is 1.31 bits per heavy atom. The van der Waals surface area contributed by atoms with Crippen LogP contribution in [0.4, 0.5) is 0 Å².